The molecule has 1 aromatic heterocycles. The fraction of sp³-hybridized carbons (Fsp3) is 0.412. The number of nitrogens with zero attached hydrogens (tertiary/aromatic N) is 3. The molecule has 3 rings (SSSR count). The first-order valence-corrected chi connectivity index (χ1v) is 8.53. The number of hydrogen-bond donors (Lipinski definition) is 3. The normalized spacial score (nSPS) is 15.5. The van der Waals surface area contributed by atoms with Crippen molar-refractivity contribution in [2.24, 2.45) is 0 Å². The Morgan fingerprint density at radius 3 is 2.56 bits per heavy atom. The summed E-state index contributed by atoms with van der Waals surface area (Å²) in [6.07, 6.45) is -3.23. The van der Waals surface area contributed by atoms with Gasteiger partial charge in [0.1, 0.15) is 12.0 Å². The van der Waals surface area contributed by atoms with Gasteiger partial charge in [-0.3, -0.25) is 4.90 Å². The molecule has 1 fully saturated rings. The van der Waals surface area contributed by atoms with Crippen LogP contribution < -0.4 is 16.4 Å². The zero-order valence-electron chi connectivity index (χ0n) is 14.6. The number of benzene rings is 1. The maximum absolute atomic E-state index is 13.1. The predicted octanol–water partition coefficient (Wildman–Crippen LogP) is 2.57. The number of nitrogens with two attached hydrogens (primary N) is 1. The first-order valence-electron chi connectivity index (χ1n) is 8.53. The Bertz CT molecular complexity index is 765. The lowest BCUT2D eigenvalue weighted by Gasteiger charge is -2.26. The minimum atomic E-state index is -4.48. The van der Waals surface area contributed by atoms with Crippen molar-refractivity contribution in [1.29, 1.82) is 0 Å². The van der Waals surface area contributed by atoms with Crippen LogP contribution in [0.1, 0.15) is 5.56 Å². The number of halogens is 3. The highest BCUT2D eigenvalue weighted by Gasteiger charge is 2.33. The SMILES string of the molecule is Nc1c(NCCN2CCOCC2)ncnc1Nc1ccccc1C(F)(F)F. The zero-order chi connectivity index (χ0) is 19.3. The molecule has 27 heavy (non-hydrogen) atoms. The second-order valence-electron chi connectivity index (χ2n) is 6.03. The summed E-state index contributed by atoms with van der Waals surface area (Å²) in [6, 6.07) is 5.17. The van der Waals surface area contributed by atoms with Gasteiger partial charge in [-0.1, -0.05) is 12.1 Å². The lowest BCUT2D eigenvalue weighted by molar-refractivity contribution is -0.136. The molecule has 0 unspecified atom stereocenters. The van der Waals surface area contributed by atoms with Crippen molar-refractivity contribution in [3.63, 3.8) is 0 Å². The number of aromatic nitrogens is 2. The third kappa shape index (κ3) is 4.98. The van der Waals surface area contributed by atoms with Crippen LogP contribution in [0.15, 0.2) is 30.6 Å². The zero-order valence-corrected chi connectivity index (χ0v) is 14.6. The highest BCUT2D eigenvalue weighted by Crippen LogP contribution is 2.36. The van der Waals surface area contributed by atoms with Crippen LogP contribution in [0.3, 0.4) is 0 Å². The van der Waals surface area contributed by atoms with E-state index in [1.54, 1.807) is 0 Å². The maximum atomic E-state index is 13.1. The van der Waals surface area contributed by atoms with E-state index in [1.165, 1.54) is 24.5 Å². The second kappa shape index (κ2) is 8.40. The molecule has 0 saturated carbocycles. The molecule has 0 atom stereocenters. The van der Waals surface area contributed by atoms with Gasteiger partial charge in [-0.2, -0.15) is 13.2 Å². The van der Waals surface area contributed by atoms with E-state index in [9.17, 15) is 13.2 Å². The van der Waals surface area contributed by atoms with Gasteiger partial charge in [-0.25, -0.2) is 9.97 Å². The van der Waals surface area contributed by atoms with E-state index in [1.807, 2.05) is 0 Å². The molecule has 4 N–H and O–H groups in total. The number of nitrogens with one attached hydrogen (secondary N) is 2. The van der Waals surface area contributed by atoms with Crippen LogP contribution in [0.25, 0.3) is 0 Å². The quantitative estimate of drug-likeness (QED) is 0.708. The van der Waals surface area contributed by atoms with Crippen LogP contribution in [0.2, 0.25) is 0 Å². The van der Waals surface area contributed by atoms with E-state index >= 15 is 0 Å². The lowest BCUT2D eigenvalue weighted by atomic mass is 10.1. The minimum absolute atomic E-state index is 0.116. The van der Waals surface area contributed by atoms with Gasteiger partial charge in [0.15, 0.2) is 11.6 Å². The Morgan fingerprint density at radius 1 is 1.11 bits per heavy atom. The molecule has 1 aliphatic heterocycles. The van der Waals surface area contributed by atoms with E-state index in [2.05, 4.69) is 25.5 Å². The van der Waals surface area contributed by atoms with E-state index < -0.39 is 11.7 Å². The van der Waals surface area contributed by atoms with Gasteiger partial charge in [0.05, 0.1) is 24.5 Å². The van der Waals surface area contributed by atoms with E-state index in [0.29, 0.717) is 25.6 Å². The number of morpholine rings is 1. The summed E-state index contributed by atoms with van der Waals surface area (Å²) in [5.41, 5.74) is 5.30. The Balaban J connectivity index is 1.68. The fourth-order valence-corrected chi connectivity index (χ4v) is 2.76. The molecule has 1 saturated heterocycles. The van der Waals surface area contributed by atoms with Crippen molar-refractivity contribution in [2.75, 3.05) is 55.8 Å². The average molecular weight is 382 g/mol. The molecule has 2 heterocycles. The van der Waals surface area contributed by atoms with Gasteiger partial charge < -0.3 is 21.1 Å². The summed E-state index contributed by atoms with van der Waals surface area (Å²) in [5, 5.41) is 5.77. The molecule has 0 aliphatic carbocycles. The van der Waals surface area contributed by atoms with Crippen molar-refractivity contribution < 1.29 is 17.9 Å². The van der Waals surface area contributed by atoms with Gasteiger partial charge in [0.2, 0.25) is 0 Å². The van der Waals surface area contributed by atoms with Crippen molar-refractivity contribution >= 4 is 23.0 Å². The molecular weight excluding hydrogens is 361 g/mol. The summed E-state index contributed by atoms with van der Waals surface area (Å²) in [4.78, 5) is 10.3. The summed E-state index contributed by atoms with van der Waals surface area (Å²) in [7, 11) is 0. The van der Waals surface area contributed by atoms with Crippen molar-refractivity contribution in [2.45, 2.75) is 6.18 Å². The molecule has 0 spiro atoms. The fourth-order valence-electron chi connectivity index (χ4n) is 2.76. The first-order chi connectivity index (χ1) is 12.9. The molecule has 1 aromatic carbocycles. The molecule has 0 radical (unpaired) electrons. The average Bonchev–Trinajstić information content (AvgIpc) is 2.65. The number of hydrogen-bond acceptors (Lipinski definition) is 7. The molecule has 1 aliphatic rings. The number of ether oxygens (including phenoxy) is 1. The summed E-state index contributed by atoms with van der Waals surface area (Å²) < 4.78 is 44.7. The van der Waals surface area contributed by atoms with E-state index in [0.717, 1.165) is 25.7 Å². The van der Waals surface area contributed by atoms with Crippen LogP contribution in [-0.4, -0.2) is 54.3 Å². The molecule has 146 valence electrons. The van der Waals surface area contributed by atoms with Crippen LogP contribution >= 0.6 is 0 Å². The number of para-hydroxylation sites is 1. The third-order valence-electron chi connectivity index (χ3n) is 4.19. The van der Waals surface area contributed by atoms with Crippen LogP contribution in [0, 0.1) is 0 Å². The Morgan fingerprint density at radius 2 is 1.81 bits per heavy atom. The highest BCUT2D eigenvalue weighted by atomic mass is 19.4. The Hall–Kier alpha value is -2.59. The maximum Gasteiger partial charge on any atom is 0.418 e. The van der Waals surface area contributed by atoms with Crippen molar-refractivity contribution in [3.8, 4) is 0 Å². The predicted molar refractivity (Wildman–Crippen MR) is 96.9 cm³/mol. The van der Waals surface area contributed by atoms with E-state index in [4.69, 9.17) is 10.5 Å². The summed E-state index contributed by atoms with van der Waals surface area (Å²) in [5.74, 6) is 0.501. The van der Waals surface area contributed by atoms with Crippen molar-refractivity contribution in [1.82, 2.24) is 14.9 Å². The minimum Gasteiger partial charge on any atom is -0.393 e. The van der Waals surface area contributed by atoms with Crippen LogP contribution in [0.4, 0.5) is 36.2 Å². The number of anilines is 4. The molecule has 2 aromatic rings. The Labute approximate surface area is 154 Å². The summed E-state index contributed by atoms with van der Waals surface area (Å²) >= 11 is 0. The van der Waals surface area contributed by atoms with Gasteiger partial charge in [0, 0.05) is 26.2 Å². The van der Waals surface area contributed by atoms with Crippen molar-refractivity contribution in [3.05, 3.63) is 36.2 Å². The molecule has 10 heteroatoms. The first kappa shape index (κ1) is 19.2. The van der Waals surface area contributed by atoms with Gasteiger partial charge >= 0.3 is 6.18 Å². The van der Waals surface area contributed by atoms with Gasteiger partial charge in [0.25, 0.3) is 0 Å². The lowest BCUT2D eigenvalue weighted by Crippen LogP contribution is -2.39. The summed E-state index contributed by atoms with van der Waals surface area (Å²) in [6.45, 7) is 4.53. The monoisotopic (exact) mass is 382 g/mol. The van der Waals surface area contributed by atoms with Gasteiger partial charge in [-0.05, 0) is 12.1 Å². The van der Waals surface area contributed by atoms with Crippen LogP contribution in [-0.2, 0) is 10.9 Å². The highest BCUT2D eigenvalue weighted by molar-refractivity contribution is 5.78. The Kier molecular flexibility index (Phi) is 5.97. The molecule has 0 amide bonds. The van der Waals surface area contributed by atoms with E-state index in [-0.39, 0.29) is 17.2 Å². The smallest absolute Gasteiger partial charge is 0.393 e. The second-order valence-corrected chi connectivity index (χ2v) is 6.03. The number of rotatable bonds is 6. The largest absolute Gasteiger partial charge is 0.418 e. The number of nitrogen functional groups attached to an aromatic ring is 1. The number of alkyl halides is 3. The van der Waals surface area contributed by atoms with Crippen LogP contribution in [0.5, 0.6) is 0 Å². The molecule has 0 bridgehead atoms. The molecule has 7 nitrogen and oxygen atoms in total. The van der Waals surface area contributed by atoms with Gasteiger partial charge in [-0.15, -0.1) is 0 Å². The topological polar surface area (TPSA) is 88.3 Å². The standard InChI is InChI=1S/C17H21F3N6O/c18-17(19,20)12-3-1-2-4-13(12)25-16-14(21)15(23-11-24-16)22-5-6-26-7-9-27-10-8-26/h1-4,11H,5-10,21H2,(H2,22,23,24,25). The molecular formula is C17H21F3N6O. The third-order valence-corrected chi connectivity index (χ3v) is 4.19.